The van der Waals surface area contributed by atoms with Gasteiger partial charge in [0, 0.05) is 23.7 Å². The molecule has 1 aromatic heterocycles. The summed E-state index contributed by atoms with van der Waals surface area (Å²) in [4.78, 5) is 3.69. The van der Waals surface area contributed by atoms with Gasteiger partial charge in [-0.05, 0) is 53.9 Å². The summed E-state index contributed by atoms with van der Waals surface area (Å²) in [7, 11) is -1.35. The Morgan fingerprint density at radius 1 is 0.882 bits per heavy atom. The molecule has 0 unspecified atom stereocenters. The fourth-order valence-electron chi connectivity index (χ4n) is 3.54. The van der Waals surface area contributed by atoms with Crippen molar-refractivity contribution in [1.29, 1.82) is 0 Å². The van der Waals surface area contributed by atoms with E-state index in [0.29, 0.717) is 47.2 Å². The van der Waals surface area contributed by atoms with E-state index in [2.05, 4.69) is 4.98 Å². The van der Waals surface area contributed by atoms with Crippen molar-refractivity contribution in [2.24, 2.45) is 0 Å². The maximum Gasteiger partial charge on any atom is 0.262 e. The number of hydrogen-bond donors (Lipinski definition) is 1. The van der Waals surface area contributed by atoms with E-state index < -0.39 is 32.4 Å². The first-order chi connectivity index (χ1) is 16.2. The van der Waals surface area contributed by atoms with E-state index in [1.165, 1.54) is 26.4 Å². The number of nitrogens with zero attached hydrogens (tertiary/aromatic N) is 1. The van der Waals surface area contributed by atoms with Crippen molar-refractivity contribution in [3.63, 3.8) is 0 Å². The van der Waals surface area contributed by atoms with Crippen molar-refractivity contribution >= 4 is 26.6 Å². The summed E-state index contributed by atoms with van der Waals surface area (Å²) < 4.78 is 79.2. The summed E-state index contributed by atoms with van der Waals surface area (Å²) in [6, 6.07) is 11.2. The van der Waals surface area contributed by atoms with Gasteiger partial charge in [0.15, 0.2) is 11.5 Å². The Labute approximate surface area is 194 Å². The van der Waals surface area contributed by atoms with Crippen molar-refractivity contribution in [2.45, 2.75) is 11.3 Å². The molecule has 176 valence electrons. The number of fused-ring (bicyclic) bond motifs is 1. The molecular weight excluding hydrogens is 469 g/mol. The lowest BCUT2D eigenvalue weighted by molar-refractivity contribution is 0.356. The minimum Gasteiger partial charge on any atom is -0.493 e. The third-order valence-corrected chi connectivity index (χ3v) is 6.50. The van der Waals surface area contributed by atoms with E-state index in [-0.39, 0.29) is 5.69 Å². The fraction of sp³-hybridized carbons (Fsp3) is 0.125. The SMILES string of the molecule is COc1cc2nccc(Cc3ccc(NS(=O)(=O)c4cc(F)cc(F)c4)c(F)c3)c2cc1OC. The lowest BCUT2D eigenvalue weighted by atomic mass is 10.0. The molecule has 10 heteroatoms. The minimum absolute atomic E-state index is 0.327. The first-order valence-electron chi connectivity index (χ1n) is 9.97. The van der Waals surface area contributed by atoms with Gasteiger partial charge in [-0.25, -0.2) is 21.6 Å². The summed E-state index contributed by atoms with van der Waals surface area (Å²) in [5, 5.41) is 0.790. The van der Waals surface area contributed by atoms with E-state index >= 15 is 0 Å². The molecule has 0 aliphatic heterocycles. The fourth-order valence-corrected chi connectivity index (χ4v) is 4.65. The van der Waals surface area contributed by atoms with Crippen LogP contribution in [0.25, 0.3) is 10.9 Å². The largest absolute Gasteiger partial charge is 0.493 e. The van der Waals surface area contributed by atoms with Crippen LogP contribution in [0, 0.1) is 17.5 Å². The maximum absolute atomic E-state index is 14.8. The molecule has 0 radical (unpaired) electrons. The molecule has 6 nitrogen and oxygen atoms in total. The van der Waals surface area contributed by atoms with Crippen molar-refractivity contribution in [2.75, 3.05) is 18.9 Å². The quantitative estimate of drug-likeness (QED) is 0.394. The molecule has 1 heterocycles. The normalized spacial score (nSPS) is 11.4. The maximum atomic E-state index is 14.8. The van der Waals surface area contributed by atoms with E-state index in [1.54, 1.807) is 30.5 Å². The van der Waals surface area contributed by atoms with Crippen molar-refractivity contribution in [1.82, 2.24) is 4.98 Å². The van der Waals surface area contributed by atoms with Crippen molar-refractivity contribution < 1.29 is 31.1 Å². The van der Waals surface area contributed by atoms with E-state index in [4.69, 9.17) is 9.47 Å². The summed E-state index contributed by atoms with van der Waals surface area (Å²) in [5.41, 5.74) is 1.73. The second-order valence-corrected chi connectivity index (χ2v) is 9.08. The number of benzene rings is 3. The van der Waals surface area contributed by atoms with Crippen LogP contribution in [0.1, 0.15) is 11.1 Å². The molecule has 34 heavy (non-hydrogen) atoms. The average Bonchev–Trinajstić information content (AvgIpc) is 2.79. The highest BCUT2D eigenvalue weighted by Crippen LogP contribution is 2.33. The molecule has 1 N–H and O–H groups in total. The van der Waals surface area contributed by atoms with Crippen LogP contribution in [0.15, 0.2) is 65.7 Å². The van der Waals surface area contributed by atoms with Crippen LogP contribution in [0.2, 0.25) is 0 Å². The Kier molecular flexibility index (Phi) is 6.34. The van der Waals surface area contributed by atoms with Gasteiger partial charge < -0.3 is 9.47 Å². The van der Waals surface area contributed by atoms with Crippen LogP contribution in [0.3, 0.4) is 0 Å². The van der Waals surface area contributed by atoms with Gasteiger partial charge in [0.25, 0.3) is 10.0 Å². The zero-order chi connectivity index (χ0) is 24.5. The van der Waals surface area contributed by atoms with Crippen LogP contribution in [0.4, 0.5) is 18.9 Å². The van der Waals surface area contributed by atoms with Gasteiger partial charge in [-0.15, -0.1) is 0 Å². The second kappa shape index (κ2) is 9.22. The summed E-state index contributed by atoms with van der Waals surface area (Å²) in [6.45, 7) is 0. The van der Waals surface area contributed by atoms with Crippen LogP contribution in [-0.2, 0) is 16.4 Å². The Morgan fingerprint density at radius 3 is 2.21 bits per heavy atom. The highest BCUT2D eigenvalue weighted by atomic mass is 32.2. The predicted octanol–water partition coefficient (Wildman–Crippen LogP) is 5.06. The third kappa shape index (κ3) is 4.76. The molecule has 0 saturated heterocycles. The van der Waals surface area contributed by atoms with Gasteiger partial charge in [-0.3, -0.25) is 9.71 Å². The lowest BCUT2D eigenvalue weighted by Gasteiger charge is -2.13. The van der Waals surface area contributed by atoms with Gasteiger partial charge in [-0.1, -0.05) is 6.07 Å². The molecule has 4 aromatic rings. The summed E-state index contributed by atoms with van der Waals surface area (Å²) in [6.07, 6.45) is 1.95. The average molecular weight is 488 g/mol. The van der Waals surface area contributed by atoms with Gasteiger partial charge >= 0.3 is 0 Å². The van der Waals surface area contributed by atoms with Gasteiger partial charge in [0.05, 0.1) is 30.3 Å². The van der Waals surface area contributed by atoms with Crippen molar-refractivity contribution in [3.05, 3.63) is 89.4 Å². The predicted molar refractivity (Wildman–Crippen MR) is 121 cm³/mol. The van der Waals surface area contributed by atoms with Gasteiger partial charge in [0.2, 0.25) is 0 Å². The van der Waals surface area contributed by atoms with E-state index in [0.717, 1.165) is 10.9 Å². The van der Waals surface area contributed by atoms with E-state index in [9.17, 15) is 21.6 Å². The number of nitrogens with one attached hydrogen (secondary N) is 1. The number of methoxy groups -OCH3 is 2. The van der Waals surface area contributed by atoms with Crippen LogP contribution in [0.5, 0.6) is 11.5 Å². The highest BCUT2D eigenvalue weighted by Gasteiger charge is 2.19. The Bertz CT molecular complexity index is 1470. The topological polar surface area (TPSA) is 77.5 Å². The number of ether oxygens (including phenoxy) is 2. The smallest absolute Gasteiger partial charge is 0.262 e. The third-order valence-electron chi connectivity index (χ3n) is 5.16. The Hall–Kier alpha value is -3.79. The Balaban J connectivity index is 1.62. The van der Waals surface area contributed by atoms with E-state index in [1.807, 2.05) is 4.72 Å². The number of halogens is 3. The number of pyridine rings is 1. The molecule has 0 aliphatic carbocycles. The molecular formula is C24H19F3N2O4S. The number of sulfonamides is 1. The standard InChI is InChI=1S/C24H19F3N2O4S/c1-32-23-12-19-15(5-6-28-22(19)13-24(23)33-2)7-14-3-4-21(20(27)8-14)29-34(30,31)18-10-16(25)9-17(26)11-18/h3-6,8-13,29H,7H2,1-2H3. The summed E-state index contributed by atoms with van der Waals surface area (Å²) >= 11 is 0. The second-order valence-electron chi connectivity index (χ2n) is 7.40. The monoisotopic (exact) mass is 488 g/mol. The molecule has 0 fully saturated rings. The first kappa shape index (κ1) is 23.4. The van der Waals surface area contributed by atoms with Crippen LogP contribution >= 0.6 is 0 Å². The number of anilines is 1. The van der Waals surface area contributed by atoms with Crippen molar-refractivity contribution in [3.8, 4) is 11.5 Å². The number of hydrogen-bond acceptors (Lipinski definition) is 5. The molecule has 3 aromatic carbocycles. The summed E-state index contributed by atoms with van der Waals surface area (Å²) in [5.74, 6) is -1.91. The molecule has 0 saturated carbocycles. The molecule has 0 atom stereocenters. The van der Waals surface area contributed by atoms with Gasteiger partial charge in [-0.2, -0.15) is 0 Å². The lowest BCUT2D eigenvalue weighted by Crippen LogP contribution is -2.14. The molecule has 4 rings (SSSR count). The number of rotatable bonds is 7. The molecule has 0 bridgehead atoms. The molecule has 0 amide bonds. The van der Waals surface area contributed by atoms with Crippen LogP contribution < -0.4 is 14.2 Å². The zero-order valence-electron chi connectivity index (χ0n) is 18.1. The van der Waals surface area contributed by atoms with Gasteiger partial charge in [0.1, 0.15) is 17.5 Å². The highest BCUT2D eigenvalue weighted by molar-refractivity contribution is 7.92. The minimum atomic E-state index is -4.40. The molecule has 0 spiro atoms. The number of aromatic nitrogens is 1. The first-order valence-corrected chi connectivity index (χ1v) is 11.5. The zero-order valence-corrected chi connectivity index (χ0v) is 18.9. The molecule has 0 aliphatic rings. The Morgan fingerprint density at radius 2 is 1.56 bits per heavy atom. The van der Waals surface area contributed by atoms with Crippen LogP contribution in [-0.4, -0.2) is 27.6 Å².